The van der Waals surface area contributed by atoms with Gasteiger partial charge in [-0.25, -0.2) is 8.42 Å². The molecule has 0 aliphatic rings. The first-order chi connectivity index (χ1) is 7.51. The highest BCUT2D eigenvalue weighted by atomic mass is 32.2. The number of benzene rings is 1. The fraction of sp³-hybridized carbons (Fsp3) is 0.500. The molecular weight excluding hydrogens is 224 g/mol. The van der Waals surface area contributed by atoms with Crippen LogP contribution in [0.15, 0.2) is 29.2 Å². The van der Waals surface area contributed by atoms with E-state index in [1.54, 1.807) is 12.1 Å². The molecule has 0 spiro atoms. The molecule has 0 radical (unpaired) electrons. The highest BCUT2D eigenvalue weighted by molar-refractivity contribution is 7.91. The van der Waals surface area contributed by atoms with E-state index in [-0.39, 0.29) is 17.3 Å². The van der Waals surface area contributed by atoms with Crippen LogP contribution < -0.4 is 0 Å². The molecule has 16 heavy (non-hydrogen) atoms. The van der Waals surface area contributed by atoms with Gasteiger partial charge >= 0.3 is 0 Å². The Kier molecular flexibility index (Phi) is 4.50. The van der Waals surface area contributed by atoms with Gasteiger partial charge in [0.1, 0.15) is 0 Å². The fourth-order valence-electron chi connectivity index (χ4n) is 1.48. The molecule has 1 atom stereocenters. The maximum Gasteiger partial charge on any atom is 0.180 e. The van der Waals surface area contributed by atoms with E-state index < -0.39 is 9.84 Å². The van der Waals surface area contributed by atoms with Crippen LogP contribution in [0, 0.1) is 0 Å². The number of aliphatic hydroxyl groups excluding tert-OH is 1. The molecule has 0 heterocycles. The predicted molar refractivity (Wildman–Crippen MR) is 64.3 cm³/mol. The molecule has 0 aliphatic heterocycles. The molecular formula is C12H18O3S. The van der Waals surface area contributed by atoms with Crippen molar-refractivity contribution in [1.29, 1.82) is 0 Å². The van der Waals surface area contributed by atoms with Crippen molar-refractivity contribution in [3.63, 3.8) is 0 Å². The van der Waals surface area contributed by atoms with E-state index in [0.29, 0.717) is 5.92 Å². The molecule has 0 aliphatic carbocycles. The Bertz CT molecular complexity index is 420. The Morgan fingerprint density at radius 3 is 2.25 bits per heavy atom. The van der Waals surface area contributed by atoms with Crippen LogP contribution in [0.25, 0.3) is 0 Å². The van der Waals surface area contributed by atoms with E-state index in [1.807, 2.05) is 12.1 Å². The standard InChI is InChI=1S/C12H18O3S/c1-3-10(2)11-4-6-12(7-5-11)16(14,15)9-8-13/h4-7,10,13H,3,8-9H2,1-2H3. The highest BCUT2D eigenvalue weighted by Crippen LogP contribution is 2.20. The fourth-order valence-corrected chi connectivity index (χ4v) is 2.50. The van der Waals surface area contributed by atoms with Crippen molar-refractivity contribution in [3.05, 3.63) is 29.8 Å². The molecule has 0 amide bonds. The van der Waals surface area contributed by atoms with E-state index in [0.717, 1.165) is 12.0 Å². The quantitative estimate of drug-likeness (QED) is 0.858. The van der Waals surface area contributed by atoms with Gasteiger partial charge < -0.3 is 5.11 Å². The summed E-state index contributed by atoms with van der Waals surface area (Å²) in [4.78, 5) is 0.286. The lowest BCUT2D eigenvalue weighted by Crippen LogP contribution is -2.10. The van der Waals surface area contributed by atoms with Crippen LogP contribution >= 0.6 is 0 Å². The maximum absolute atomic E-state index is 11.6. The van der Waals surface area contributed by atoms with Gasteiger partial charge in [-0.2, -0.15) is 0 Å². The van der Waals surface area contributed by atoms with Crippen LogP contribution in [-0.2, 0) is 9.84 Å². The van der Waals surface area contributed by atoms with Crippen LogP contribution in [0.5, 0.6) is 0 Å². The van der Waals surface area contributed by atoms with Crippen molar-refractivity contribution >= 4 is 9.84 Å². The molecule has 1 aromatic carbocycles. The molecule has 0 saturated heterocycles. The van der Waals surface area contributed by atoms with Gasteiger partial charge in [-0.3, -0.25) is 0 Å². The SMILES string of the molecule is CCC(C)c1ccc(S(=O)(=O)CCO)cc1. The van der Waals surface area contributed by atoms with E-state index in [2.05, 4.69) is 13.8 Å². The van der Waals surface area contributed by atoms with Crippen LogP contribution in [0.3, 0.4) is 0 Å². The topological polar surface area (TPSA) is 54.4 Å². The van der Waals surface area contributed by atoms with Crippen LogP contribution in [0.2, 0.25) is 0 Å². The molecule has 1 rings (SSSR count). The minimum Gasteiger partial charge on any atom is -0.395 e. The first-order valence-corrected chi connectivity index (χ1v) is 7.10. The Morgan fingerprint density at radius 2 is 1.81 bits per heavy atom. The van der Waals surface area contributed by atoms with Gasteiger partial charge in [0.15, 0.2) is 9.84 Å². The number of rotatable bonds is 5. The van der Waals surface area contributed by atoms with Gasteiger partial charge in [0, 0.05) is 0 Å². The smallest absolute Gasteiger partial charge is 0.180 e. The van der Waals surface area contributed by atoms with E-state index in [9.17, 15) is 8.42 Å². The highest BCUT2D eigenvalue weighted by Gasteiger charge is 2.13. The van der Waals surface area contributed by atoms with Gasteiger partial charge in [-0.1, -0.05) is 26.0 Å². The zero-order valence-electron chi connectivity index (χ0n) is 9.68. The maximum atomic E-state index is 11.6. The minimum absolute atomic E-state index is 0.213. The normalized spacial score (nSPS) is 13.7. The minimum atomic E-state index is -3.31. The second kappa shape index (κ2) is 5.46. The van der Waals surface area contributed by atoms with Gasteiger partial charge in [0.2, 0.25) is 0 Å². The van der Waals surface area contributed by atoms with Gasteiger partial charge in [0.25, 0.3) is 0 Å². The number of sulfone groups is 1. The molecule has 0 aromatic heterocycles. The lowest BCUT2D eigenvalue weighted by Gasteiger charge is -2.09. The van der Waals surface area contributed by atoms with Crippen molar-refractivity contribution in [2.75, 3.05) is 12.4 Å². The van der Waals surface area contributed by atoms with Gasteiger partial charge in [-0.15, -0.1) is 0 Å². The van der Waals surface area contributed by atoms with Crippen molar-refractivity contribution in [2.24, 2.45) is 0 Å². The number of hydrogen-bond acceptors (Lipinski definition) is 3. The average molecular weight is 242 g/mol. The second-order valence-corrected chi connectivity index (χ2v) is 6.03. The summed E-state index contributed by atoms with van der Waals surface area (Å²) < 4.78 is 23.2. The first kappa shape index (κ1) is 13.2. The average Bonchev–Trinajstić information content (AvgIpc) is 2.28. The summed E-state index contributed by atoms with van der Waals surface area (Å²) in [6.45, 7) is 3.87. The zero-order valence-corrected chi connectivity index (χ0v) is 10.5. The Morgan fingerprint density at radius 1 is 1.25 bits per heavy atom. The van der Waals surface area contributed by atoms with Crippen molar-refractivity contribution in [1.82, 2.24) is 0 Å². The molecule has 1 unspecified atom stereocenters. The van der Waals surface area contributed by atoms with E-state index in [1.165, 1.54) is 0 Å². The van der Waals surface area contributed by atoms with Crippen molar-refractivity contribution in [3.8, 4) is 0 Å². The molecule has 1 aromatic rings. The zero-order chi connectivity index (χ0) is 12.2. The monoisotopic (exact) mass is 242 g/mol. The summed E-state index contributed by atoms with van der Waals surface area (Å²) >= 11 is 0. The third-order valence-corrected chi connectivity index (χ3v) is 4.49. The summed E-state index contributed by atoms with van der Waals surface area (Å²) in [5, 5.41) is 8.66. The number of hydrogen-bond donors (Lipinski definition) is 1. The predicted octanol–water partition coefficient (Wildman–Crippen LogP) is 1.97. The number of aliphatic hydroxyl groups is 1. The summed E-state index contributed by atoms with van der Waals surface area (Å²) in [6.07, 6.45) is 1.03. The Hall–Kier alpha value is -0.870. The van der Waals surface area contributed by atoms with Gasteiger partial charge in [-0.05, 0) is 30.0 Å². The lowest BCUT2D eigenvalue weighted by atomic mass is 9.99. The largest absolute Gasteiger partial charge is 0.395 e. The Balaban J connectivity index is 2.95. The molecule has 0 bridgehead atoms. The molecule has 3 nitrogen and oxygen atoms in total. The third-order valence-electron chi connectivity index (χ3n) is 2.78. The summed E-state index contributed by atoms with van der Waals surface area (Å²) in [7, 11) is -3.31. The van der Waals surface area contributed by atoms with E-state index in [4.69, 9.17) is 5.11 Å². The summed E-state index contributed by atoms with van der Waals surface area (Å²) in [5.74, 6) is 0.227. The second-order valence-electron chi connectivity index (χ2n) is 3.92. The molecule has 4 heteroatoms. The first-order valence-electron chi connectivity index (χ1n) is 5.45. The van der Waals surface area contributed by atoms with Crippen molar-refractivity contribution in [2.45, 2.75) is 31.1 Å². The molecule has 0 saturated carbocycles. The van der Waals surface area contributed by atoms with Crippen LogP contribution in [0.1, 0.15) is 31.7 Å². The van der Waals surface area contributed by atoms with Crippen molar-refractivity contribution < 1.29 is 13.5 Å². The van der Waals surface area contributed by atoms with E-state index >= 15 is 0 Å². The summed E-state index contributed by atoms with van der Waals surface area (Å²) in [6, 6.07) is 6.93. The van der Waals surface area contributed by atoms with Gasteiger partial charge in [0.05, 0.1) is 17.3 Å². The third kappa shape index (κ3) is 3.06. The Labute approximate surface area is 97.0 Å². The molecule has 0 fully saturated rings. The molecule has 90 valence electrons. The summed E-state index contributed by atoms with van der Waals surface area (Å²) in [5.41, 5.74) is 1.14. The lowest BCUT2D eigenvalue weighted by molar-refractivity contribution is 0.319. The van der Waals surface area contributed by atoms with Crippen LogP contribution in [0.4, 0.5) is 0 Å². The molecule has 1 N–H and O–H groups in total. The van der Waals surface area contributed by atoms with Crippen LogP contribution in [-0.4, -0.2) is 25.9 Å².